The molecule has 11 heteroatoms. The molecule has 0 aliphatic heterocycles. The molecule has 0 aliphatic rings. The van der Waals surface area contributed by atoms with E-state index in [9.17, 15) is 0 Å². The van der Waals surface area contributed by atoms with E-state index in [0.29, 0.717) is 73.9 Å². The normalized spacial score (nSPS) is 10.3. The number of likely N-dealkylation sites (N-methyl/N-ethyl adjacent to an activating group) is 1. The van der Waals surface area contributed by atoms with E-state index in [0.717, 1.165) is 35.7 Å². The third kappa shape index (κ3) is 12.3. The molecule has 10 nitrogen and oxygen atoms in total. The number of benzene rings is 1. The fourth-order valence-corrected chi connectivity index (χ4v) is 3.93. The summed E-state index contributed by atoms with van der Waals surface area (Å²) in [5.74, 6) is 0. The van der Waals surface area contributed by atoms with E-state index in [-0.39, 0.29) is 6.61 Å². The molecular weight excluding hydrogens is 494 g/mol. The number of nitrogens with zero attached hydrogens (tertiary/aromatic N) is 3. The zero-order chi connectivity index (χ0) is 27.5. The summed E-state index contributed by atoms with van der Waals surface area (Å²) in [7, 11) is 0. The van der Waals surface area contributed by atoms with E-state index in [1.807, 2.05) is 31.2 Å². The van der Waals surface area contributed by atoms with Gasteiger partial charge in [0.15, 0.2) is 0 Å². The molecule has 0 amide bonds. The predicted octanol–water partition coefficient (Wildman–Crippen LogP) is 2.84. The molecule has 0 aliphatic carbocycles. The van der Waals surface area contributed by atoms with Gasteiger partial charge in [-0.25, -0.2) is 0 Å². The van der Waals surface area contributed by atoms with Crippen LogP contribution in [0.15, 0.2) is 18.2 Å². The van der Waals surface area contributed by atoms with Gasteiger partial charge in [0.2, 0.25) is 0 Å². The molecule has 0 fully saturated rings. The summed E-state index contributed by atoms with van der Waals surface area (Å²) >= 11 is 1.16. The lowest BCUT2D eigenvalue weighted by atomic mass is 10.1. The van der Waals surface area contributed by atoms with Gasteiger partial charge in [-0.15, -0.1) is 11.3 Å². The summed E-state index contributed by atoms with van der Waals surface area (Å²) in [5.41, 5.74) is 15.6. The van der Waals surface area contributed by atoms with Crippen LogP contribution in [0.5, 0.6) is 0 Å². The minimum atomic E-state index is 0.0404. The summed E-state index contributed by atoms with van der Waals surface area (Å²) in [6.45, 7) is 11.9. The molecule has 1 aromatic carbocycles. The van der Waals surface area contributed by atoms with Crippen molar-refractivity contribution in [3.05, 3.63) is 39.8 Å². The second-order valence-electron chi connectivity index (χ2n) is 7.81. The molecule has 0 bridgehead atoms. The molecule has 2 rings (SSSR count). The summed E-state index contributed by atoms with van der Waals surface area (Å²) in [6, 6.07) is 10.0. The zero-order valence-electron chi connectivity index (χ0n) is 22.0. The molecule has 2 aromatic rings. The number of aliphatic hydroxyl groups excluding tert-OH is 1. The average molecular weight is 534 g/mol. The zero-order valence-corrected chi connectivity index (χ0v) is 22.8. The Morgan fingerprint density at radius 1 is 0.892 bits per heavy atom. The third-order valence-electron chi connectivity index (χ3n) is 5.24. The number of nitrogen functional groups attached to an aromatic ring is 2. The Morgan fingerprint density at radius 2 is 1.46 bits per heavy atom. The van der Waals surface area contributed by atoms with Crippen LogP contribution in [-0.2, 0) is 18.9 Å². The van der Waals surface area contributed by atoms with Crippen molar-refractivity contribution in [1.29, 1.82) is 10.5 Å². The van der Waals surface area contributed by atoms with Gasteiger partial charge in [-0.05, 0) is 50.1 Å². The number of hydrogen-bond acceptors (Lipinski definition) is 11. The Morgan fingerprint density at radius 3 is 1.89 bits per heavy atom. The van der Waals surface area contributed by atoms with Gasteiger partial charge in [-0.2, -0.15) is 10.5 Å². The first kappa shape index (κ1) is 32.1. The highest BCUT2D eigenvalue weighted by Crippen LogP contribution is 2.28. The first-order valence-corrected chi connectivity index (χ1v) is 12.9. The highest BCUT2D eigenvalue weighted by Gasteiger charge is 2.11. The van der Waals surface area contributed by atoms with E-state index in [4.69, 9.17) is 46.0 Å². The lowest BCUT2D eigenvalue weighted by molar-refractivity contribution is -0.00488. The summed E-state index contributed by atoms with van der Waals surface area (Å²) < 4.78 is 21.5. The van der Waals surface area contributed by atoms with E-state index >= 15 is 0 Å². The first-order chi connectivity index (χ1) is 17.9. The monoisotopic (exact) mass is 533 g/mol. The van der Waals surface area contributed by atoms with Crippen LogP contribution >= 0.6 is 11.3 Å². The van der Waals surface area contributed by atoms with Crippen molar-refractivity contribution in [3.63, 3.8) is 0 Å². The number of nitriles is 2. The highest BCUT2D eigenvalue weighted by atomic mass is 32.1. The number of aliphatic hydroxyl groups is 1. The molecule has 0 spiro atoms. The van der Waals surface area contributed by atoms with E-state index in [1.165, 1.54) is 5.69 Å². The molecule has 1 aromatic heterocycles. The van der Waals surface area contributed by atoms with Crippen molar-refractivity contribution in [2.45, 2.75) is 20.8 Å². The summed E-state index contributed by atoms with van der Waals surface area (Å²) in [6.07, 6.45) is 0. The maximum Gasteiger partial charge on any atom is 0.111 e. The van der Waals surface area contributed by atoms with Gasteiger partial charge in [0.05, 0.1) is 65.0 Å². The topological polar surface area (TPSA) is 160 Å². The fraction of sp³-hybridized carbons (Fsp3) is 0.538. The summed E-state index contributed by atoms with van der Waals surface area (Å²) in [4.78, 5) is 2.79. The van der Waals surface area contributed by atoms with Crippen LogP contribution in [0.4, 0.5) is 16.4 Å². The number of ether oxygens (including phenoxy) is 4. The van der Waals surface area contributed by atoms with E-state index in [2.05, 4.69) is 17.9 Å². The first-order valence-electron chi connectivity index (χ1n) is 12.1. The van der Waals surface area contributed by atoms with Crippen LogP contribution in [0.3, 0.4) is 0 Å². The van der Waals surface area contributed by atoms with Crippen LogP contribution in [0, 0.1) is 36.5 Å². The number of aryl methyl sites for hydroxylation is 1. The van der Waals surface area contributed by atoms with Crippen molar-refractivity contribution >= 4 is 27.7 Å². The molecule has 0 saturated heterocycles. The van der Waals surface area contributed by atoms with Gasteiger partial charge in [0.1, 0.15) is 22.0 Å². The Kier molecular flexibility index (Phi) is 16.7. The van der Waals surface area contributed by atoms with E-state index < -0.39 is 0 Å². The number of nitrogens with two attached hydrogens (primary N) is 2. The number of hydrogen-bond donors (Lipinski definition) is 3. The molecule has 37 heavy (non-hydrogen) atoms. The Hall–Kier alpha value is -2.90. The van der Waals surface area contributed by atoms with Gasteiger partial charge in [0.25, 0.3) is 0 Å². The Labute approximate surface area is 223 Å². The lowest BCUT2D eigenvalue weighted by Crippen LogP contribution is -2.27. The molecule has 204 valence electrons. The minimum absolute atomic E-state index is 0.0404. The Bertz CT molecular complexity index is 1000. The van der Waals surface area contributed by atoms with Gasteiger partial charge in [0, 0.05) is 24.5 Å². The lowest BCUT2D eigenvalue weighted by Gasteiger charge is -2.23. The van der Waals surface area contributed by atoms with Crippen molar-refractivity contribution in [1.82, 2.24) is 0 Å². The van der Waals surface area contributed by atoms with Gasteiger partial charge in [-0.1, -0.05) is 0 Å². The maximum atomic E-state index is 8.58. The molecule has 5 N–H and O–H groups in total. The largest absolute Gasteiger partial charge is 0.399 e. The van der Waals surface area contributed by atoms with Crippen molar-refractivity contribution in [2.24, 2.45) is 0 Å². The second-order valence-corrected chi connectivity index (χ2v) is 8.86. The van der Waals surface area contributed by atoms with Crippen molar-refractivity contribution in [2.75, 3.05) is 88.9 Å². The summed E-state index contributed by atoms with van der Waals surface area (Å²) in [5, 5.41) is 26.1. The Balaban J connectivity index is 0.000000516. The van der Waals surface area contributed by atoms with Crippen LogP contribution < -0.4 is 16.4 Å². The molecule has 0 radical (unpaired) electrons. The highest BCUT2D eigenvalue weighted by molar-refractivity contribution is 7.16. The van der Waals surface area contributed by atoms with Crippen LogP contribution in [0.25, 0.3) is 0 Å². The smallest absolute Gasteiger partial charge is 0.111 e. The quantitative estimate of drug-likeness (QED) is 0.216. The molecular formula is C26H39N5O5S. The van der Waals surface area contributed by atoms with Crippen molar-refractivity contribution in [3.8, 4) is 12.1 Å². The third-order valence-corrected chi connectivity index (χ3v) is 6.27. The second kappa shape index (κ2) is 19.2. The molecule has 0 atom stereocenters. The van der Waals surface area contributed by atoms with Crippen molar-refractivity contribution < 1.29 is 24.1 Å². The number of rotatable bonds is 16. The fourth-order valence-electron chi connectivity index (χ4n) is 3.11. The van der Waals surface area contributed by atoms with Crippen LogP contribution in [-0.4, -0.2) is 77.7 Å². The maximum absolute atomic E-state index is 8.58. The molecule has 0 unspecified atom stereocenters. The molecule has 1 heterocycles. The number of thiophene rings is 1. The average Bonchev–Trinajstić information content (AvgIpc) is 3.18. The van der Waals surface area contributed by atoms with Crippen LogP contribution in [0.1, 0.15) is 28.5 Å². The standard InChI is InChI=1S/C19H34N2O5.C7H5N3S/c1-3-21(18-4-5-19(20)17(2)16-18)6-8-23-10-12-25-14-15-26-13-11-24-9-7-22;1-4-5(2-8)7(10)11-6(4)3-9/h4-5,16,22H,3,6-15,20H2,1-2H3;10H2,1H3. The van der Waals surface area contributed by atoms with Gasteiger partial charge < -0.3 is 40.4 Å². The minimum Gasteiger partial charge on any atom is -0.399 e. The SMILES string of the molecule is CCN(CCOCCOCCOCCOCCO)c1ccc(N)c(C)c1.Cc1c(C#N)sc(N)c1C#N. The van der Waals surface area contributed by atoms with Gasteiger partial charge >= 0.3 is 0 Å². The number of anilines is 3. The molecule has 0 saturated carbocycles. The van der Waals surface area contributed by atoms with Gasteiger partial charge in [-0.3, -0.25) is 0 Å². The van der Waals surface area contributed by atoms with Crippen LogP contribution in [0.2, 0.25) is 0 Å². The predicted molar refractivity (Wildman–Crippen MR) is 147 cm³/mol. The van der Waals surface area contributed by atoms with E-state index in [1.54, 1.807) is 6.92 Å².